The lowest BCUT2D eigenvalue weighted by atomic mass is 10.1. The van der Waals surface area contributed by atoms with E-state index >= 15 is 0 Å². The van der Waals surface area contributed by atoms with Gasteiger partial charge in [-0.05, 0) is 30.7 Å². The van der Waals surface area contributed by atoms with E-state index in [1.54, 1.807) is 0 Å². The maximum Gasteiger partial charge on any atom is 0.270 e. The largest absolute Gasteiger partial charge is 0.507 e. The van der Waals surface area contributed by atoms with Crippen molar-refractivity contribution in [1.29, 1.82) is 0 Å². The topological polar surface area (TPSA) is 101 Å². The quantitative estimate of drug-likeness (QED) is 0.416. The second-order valence-corrected chi connectivity index (χ2v) is 5.21. The average molecular weight is 359 g/mol. The Hall–Kier alpha value is -3.19. The molecule has 0 aliphatic carbocycles. The van der Waals surface area contributed by atoms with Gasteiger partial charge in [0.2, 0.25) is 0 Å². The first-order valence-electron chi connectivity index (χ1n) is 7.17. The van der Waals surface area contributed by atoms with Crippen LogP contribution < -0.4 is 5.43 Å². The summed E-state index contributed by atoms with van der Waals surface area (Å²) in [5, 5.41) is 25.6. The molecule has 0 aliphatic rings. The van der Waals surface area contributed by atoms with Gasteiger partial charge < -0.3 is 5.11 Å². The molecule has 0 atom stereocenters. The van der Waals surface area contributed by atoms with Crippen molar-refractivity contribution in [1.82, 2.24) is 4.98 Å². The highest BCUT2D eigenvalue weighted by Gasteiger charge is 2.08. The third-order valence-corrected chi connectivity index (χ3v) is 3.53. The van der Waals surface area contributed by atoms with Gasteiger partial charge in [-0.1, -0.05) is 18.2 Å². The first kappa shape index (κ1) is 18.2. The van der Waals surface area contributed by atoms with Crippen LogP contribution in [0, 0.1) is 17.0 Å². The van der Waals surface area contributed by atoms with Crippen LogP contribution >= 0.6 is 12.4 Å². The number of aryl methyl sites for hydroxylation is 1. The summed E-state index contributed by atoms with van der Waals surface area (Å²) < 4.78 is 0. The van der Waals surface area contributed by atoms with Crippen LogP contribution in [0.3, 0.4) is 0 Å². The zero-order chi connectivity index (χ0) is 17.1. The number of hydrogen-bond acceptors (Lipinski definition) is 6. The van der Waals surface area contributed by atoms with Gasteiger partial charge in [-0.3, -0.25) is 15.5 Å². The number of rotatable bonds is 4. The molecule has 2 aromatic carbocycles. The SMILES string of the molecule is Cc1cc(N/N=C/c2cc([N+](=O)[O-])ccc2O)nc2ccccc12.Cl. The highest BCUT2D eigenvalue weighted by atomic mass is 35.5. The summed E-state index contributed by atoms with van der Waals surface area (Å²) in [5.41, 5.74) is 4.80. The Labute approximate surface area is 149 Å². The maximum absolute atomic E-state index is 10.8. The fraction of sp³-hybridized carbons (Fsp3) is 0.0588. The minimum Gasteiger partial charge on any atom is -0.507 e. The van der Waals surface area contributed by atoms with Crippen LogP contribution in [0.1, 0.15) is 11.1 Å². The number of non-ortho nitro benzene ring substituents is 1. The molecule has 0 spiro atoms. The van der Waals surface area contributed by atoms with Crippen molar-refractivity contribution >= 4 is 41.0 Å². The van der Waals surface area contributed by atoms with Crippen molar-refractivity contribution in [2.75, 3.05) is 5.43 Å². The standard InChI is InChI=1S/C17H14N4O3.ClH/c1-11-8-17(19-15-5-3-2-4-14(11)15)20-18-10-12-9-13(21(23)24)6-7-16(12)22;/h2-10,22H,1H3,(H,19,20);1H/b18-10+;. The van der Waals surface area contributed by atoms with E-state index in [-0.39, 0.29) is 29.4 Å². The monoisotopic (exact) mass is 358 g/mol. The van der Waals surface area contributed by atoms with Gasteiger partial charge in [0.1, 0.15) is 11.6 Å². The number of anilines is 1. The molecule has 0 aliphatic heterocycles. The number of fused-ring (bicyclic) bond motifs is 1. The Balaban J connectivity index is 0.00000225. The van der Waals surface area contributed by atoms with Gasteiger partial charge in [0, 0.05) is 23.1 Å². The van der Waals surface area contributed by atoms with Crippen LogP contribution in [0.5, 0.6) is 5.75 Å². The Morgan fingerprint density at radius 3 is 2.76 bits per heavy atom. The van der Waals surface area contributed by atoms with Crippen molar-refractivity contribution in [2.24, 2.45) is 5.10 Å². The predicted octanol–water partition coefficient (Wildman–Crippen LogP) is 4.02. The van der Waals surface area contributed by atoms with E-state index in [4.69, 9.17) is 0 Å². The normalized spacial score (nSPS) is 10.6. The van der Waals surface area contributed by atoms with Crippen molar-refractivity contribution in [3.05, 3.63) is 69.8 Å². The molecule has 1 aromatic heterocycles. The number of para-hydroxylation sites is 1. The van der Waals surface area contributed by atoms with E-state index in [9.17, 15) is 15.2 Å². The van der Waals surface area contributed by atoms with Crippen molar-refractivity contribution in [3.63, 3.8) is 0 Å². The Morgan fingerprint density at radius 1 is 1.24 bits per heavy atom. The van der Waals surface area contributed by atoms with Crippen molar-refractivity contribution in [3.8, 4) is 5.75 Å². The minimum absolute atomic E-state index is 0. The lowest BCUT2D eigenvalue weighted by Gasteiger charge is -2.05. The van der Waals surface area contributed by atoms with Crippen LogP contribution in [0.15, 0.2) is 53.6 Å². The molecule has 3 aromatic rings. The van der Waals surface area contributed by atoms with Gasteiger partial charge in [-0.2, -0.15) is 5.10 Å². The van der Waals surface area contributed by atoms with Crippen LogP contribution in [-0.4, -0.2) is 21.2 Å². The number of phenols is 1. The second kappa shape index (κ2) is 7.59. The molecular weight excluding hydrogens is 344 g/mol. The molecule has 0 amide bonds. The summed E-state index contributed by atoms with van der Waals surface area (Å²) in [4.78, 5) is 14.7. The zero-order valence-electron chi connectivity index (χ0n) is 13.2. The molecule has 2 N–H and O–H groups in total. The van der Waals surface area contributed by atoms with E-state index in [2.05, 4.69) is 15.5 Å². The molecule has 1 heterocycles. The Morgan fingerprint density at radius 2 is 2.00 bits per heavy atom. The minimum atomic E-state index is -0.529. The predicted molar refractivity (Wildman–Crippen MR) is 99.7 cm³/mol. The molecule has 0 saturated carbocycles. The Bertz CT molecular complexity index is 960. The number of nitrogens with one attached hydrogen (secondary N) is 1. The maximum atomic E-state index is 10.8. The van der Waals surface area contributed by atoms with Crippen molar-refractivity contribution in [2.45, 2.75) is 6.92 Å². The number of hydrazone groups is 1. The lowest BCUT2D eigenvalue weighted by Crippen LogP contribution is -1.96. The molecule has 8 heteroatoms. The van der Waals surface area contributed by atoms with Crippen LogP contribution in [0.25, 0.3) is 10.9 Å². The van der Waals surface area contributed by atoms with Crippen LogP contribution in [0.2, 0.25) is 0 Å². The molecule has 128 valence electrons. The summed E-state index contributed by atoms with van der Waals surface area (Å²) in [6, 6.07) is 13.4. The number of nitro benzene ring substituents is 1. The fourth-order valence-electron chi connectivity index (χ4n) is 2.33. The second-order valence-electron chi connectivity index (χ2n) is 5.21. The number of nitro groups is 1. The van der Waals surface area contributed by atoms with E-state index < -0.39 is 4.92 Å². The summed E-state index contributed by atoms with van der Waals surface area (Å²) in [7, 11) is 0. The number of halogens is 1. The highest BCUT2D eigenvalue weighted by molar-refractivity contribution is 5.86. The van der Waals surface area contributed by atoms with Crippen molar-refractivity contribution < 1.29 is 10.0 Å². The number of aromatic hydroxyl groups is 1. The molecule has 0 fully saturated rings. The number of nitrogens with zero attached hydrogens (tertiary/aromatic N) is 3. The number of pyridine rings is 1. The van der Waals surface area contributed by atoms with Crippen LogP contribution in [-0.2, 0) is 0 Å². The lowest BCUT2D eigenvalue weighted by molar-refractivity contribution is -0.384. The smallest absolute Gasteiger partial charge is 0.270 e. The summed E-state index contributed by atoms with van der Waals surface area (Å²) >= 11 is 0. The Kier molecular flexibility index (Phi) is 5.51. The first-order valence-corrected chi connectivity index (χ1v) is 7.17. The molecule has 25 heavy (non-hydrogen) atoms. The molecule has 0 radical (unpaired) electrons. The van der Waals surface area contributed by atoms with E-state index in [0.717, 1.165) is 16.5 Å². The van der Waals surface area contributed by atoms with E-state index in [0.29, 0.717) is 5.82 Å². The first-order chi connectivity index (χ1) is 11.5. The highest BCUT2D eigenvalue weighted by Crippen LogP contribution is 2.22. The van der Waals surface area contributed by atoms with E-state index in [1.165, 1.54) is 24.4 Å². The third kappa shape index (κ3) is 4.02. The number of aromatic nitrogens is 1. The third-order valence-electron chi connectivity index (χ3n) is 3.53. The number of phenolic OH excluding ortho intramolecular Hbond substituents is 1. The van der Waals surface area contributed by atoms with Gasteiger partial charge in [-0.25, -0.2) is 4.98 Å². The summed E-state index contributed by atoms with van der Waals surface area (Å²) in [6.45, 7) is 1.98. The van der Waals surface area contributed by atoms with Gasteiger partial charge in [-0.15, -0.1) is 12.4 Å². The molecule has 0 unspecified atom stereocenters. The molecule has 7 nitrogen and oxygen atoms in total. The molecule has 3 rings (SSSR count). The van der Waals surface area contributed by atoms with Crippen LogP contribution in [0.4, 0.5) is 11.5 Å². The summed E-state index contributed by atoms with van der Waals surface area (Å²) in [5.74, 6) is 0.459. The fourth-order valence-corrected chi connectivity index (χ4v) is 2.33. The average Bonchev–Trinajstić information content (AvgIpc) is 2.56. The van der Waals surface area contributed by atoms with Gasteiger partial charge in [0.05, 0.1) is 16.7 Å². The number of benzene rings is 2. The van der Waals surface area contributed by atoms with E-state index in [1.807, 2.05) is 37.3 Å². The van der Waals surface area contributed by atoms with Gasteiger partial charge in [0.15, 0.2) is 0 Å². The summed E-state index contributed by atoms with van der Waals surface area (Å²) in [6.07, 6.45) is 1.31. The molecule has 0 saturated heterocycles. The molecule has 0 bridgehead atoms. The van der Waals surface area contributed by atoms with Gasteiger partial charge >= 0.3 is 0 Å². The zero-order valence-corrected chi connectivity index (χ0v) is 14.0. The molecular formula is C17H15ClN4O3. The van der Waals surface area contributed by atoms with Gasteiger partial charge in [0.25, 0.3) is 5.69 Å². The number of hydrogen-bond donors (Lipinski definition) is 2.